The van der Waals surface area contributed by atoms with E-state index in [0.29, 0.717) is 19.7 Å². The highest BCUT2D eigenvalue weighted by Crippen LogP contribution is 2.25. The quantitative estimate of drug-likeness (QED) is 0.858. The Kier molecular flexibility index (Phi) is 5.65. The van der Waals surface area contributed by atoms with Crippen LogP contribution in [0.15, 0.2) is 24.3 Å². The minimum atomic E-state index is -0.360. The number of carbonyl (C=O) groups excluding carboxylic acids is 1. The van der Waals surface area contributed by atoms with Crippen LogP contribution < -0.4 is 10.6 Å². The Morgan fingerprint density at radius 2 is 2.09 bits per heavy atom. The Morgan fingerprint density at radius 3 is 2.74 bits per heavy atom. The van der Waals surface area contributed by atoms with Crippen molar-refractivity contribution in [1.29, 1.82) is 0 Å². The highest BCUT2D eigenvalue weighted by Gasteiger charge is 2.26. The number of rotatable bonds is 5. The summed E-state index contributed by atoms with van der Waals surface area (Å²) in [6.07, 6.45) is 2.12. The fraction of sp³-hybridized carbons (Fsp3) is 0.611. The van der Waals surface area contributed by atoms with Gasteiger partial charge in [-0.3, -0.25) is 9.69 Å². The zero-order valence-corrected chi connectivity index (χ0v) is 13.9. The van der Waals surface area contributed by atoms with Gasteiger partial charge in [0, 0.05) is 19.6 Å². The van der Waals surface area contributed by atoms with E-state index in [1.165, 1.54) is 24.0 Å². The van der Waals surface area contributed by atoms with E-state index in [-0.39, 0.29) is 18.1 Å². The number of nitrogens with zero attached hydrogens (tertiary/aromatic N) is 1. The van der Waals surface area contributed by atoms with Gasteiger partial charge in [-0.2, -0.15) is 0 Å². The van der Waals surface area contributed by atoms with Crippen LogP contribution in [0.3, 0.4) is 0 Å². The number of nitrogens with one attached hydrogen (secondary N) is 2. The maximum absolute atomic E-state index is 12.3. The van der Waals surface area contributed by atoms with Gasteiger partial charge in [0.1, 0.15) is 6.10 Å². The summed E-state index contributed by atoms with van der Waals surface area (Å²) < 4.78 is 5.53. The lowest BCUT2D eigenvalue weighted by molar-refractivity contribution is -0.134. The van der Waals surface area contributed by atoms with Gasteiger partial charge in [0.2, 0.25) is 0 Å². The summed E-state index contributed by atoms with van der Waals surface area (Å²) in [6, 6.07) is 8.91. The van der Waals surface area contributed by atoms with E-state index < -0.39 is 0 Å². The first kappa shape index (κ1) is 16.4. The normalized spacial score (nSPS) is 23.6. The minimum absolute atomic E-state index is 0.00601. The van der Waals surface area contributed by atoms with Crippen LogP contribution >= 0.6 is 0 Å². The summed E-state index contributed by atoms with van der Waals surface area (Å²) in [6.45, 7) is 6.98. The zero-order chi connectivity index (χ0) is 16.1. The molecule has 2 fully saturated rings. The van der Waals surface area contributed by atoms with Crippen LogP contribution in [-0.2, 0) is 9.53 Å². The van der Waals surface area contributed by atoms with E-state index in [0.717, 1.165) is 19.6 Å². The number of hydrogen-bond acceptors (Lipinski definition) is 4. The average molecular weight is 317 g/mol. The Bertz CT molecular complexity index is 506. The van der Waals surface area contributed by atoms with E-state index in [9.17, 15) is 4.79 Å². The summed E-state index contributed by atoms with van der Waals surface area (Å²) in [5, 5.41) is 6.30. The number of amides is 1. The number of aryl methyl sites for hydroxylation is 1. The molecule has 0 saturated carbocycles. The van der Waals surface area contributed by atoms with Gasteiger partial charge in [-0.15, -0.1) is 0 Å². The molecule has 2 unspecified atom stereocenters. The third-order valence-corrected chi connectivity index (χ3v) is 4.73. The van der Waals surface area contributed by atoms with E-state index in [4.69, 9.17) is 4.74 Å². The van der Waals surface area contributed by atoms with Crippen molar-refractivity contribution >= 4 is 5.91 Å². The van der Waals surface area contributed by atoms with Crippen molar-refractivity contribution in [3.63, 3.8) is 0 Å². The molecule has 0 bridgehead atoms. The highest BCUT2D eigenvalue weighted by molar-refractivity contribution is 5.81. The van der Waals surface area contributed by atoms with Crippen LogP contribution in [0.4, 0.5) is 0 Å². The number of ether oxygens (including phenoxy) is 1. The van der Waals surface area contributed by atoms with Crippen molar-refractivity contribution in [3.8, 4) is 0 Å². The summed E-state index contributed by atoms with van der Waals surface area (Å²) in [4.78, 5) is 14.8. The molecule has 2 N–H and O–H groups in total. The SMILES string of the molecule is Cc1ccc(C(CNC(=O)C2CNCCO2)N2CCCC2)cc1. The Labute approximate surface area is 138 Å². The molecule has 1 aromatic rings. The minimum Gasteiger partial charge on any atom is -0.366 e. The Hall–Kier alpha value is -1.43. The van der Waals surface area contributed by atoms with E-state index in [1.54, 1.807) is 0 Å². The number of likely N-dealkylation sites (tertiary alicyclic amines) is 1. The number of hydrogen-bond donors (Lipinski definition) is 2. The molecule has 1 amide bonds. The molecule has 0 radical (unpaired) electrons. The van der Waals surface area contributed by atoms with Crippen molar-refractivity contribution < 1.29 is 9.53 Å². The molecule has 2 heterocycles. The molecule has 23 heavy (non-hydrogen) atoms. The molecule has 126 valence electrons. The van der Waals surface area contributed by atoms with Gasteiger partial charge in [0.15, 0.2) is 0 Å². The Balaban J connectivity index is 1.63. The molecule has 2 atom stereocenters. The number of morpholine rings is 1. The van der Waals surface area contributed by atoms with Crippen LogP contribution in [-0.4, -0.2) is 56.2 Å². The monoisotopic (exact) mass is 317 g/mol. The number of carbonyl (C=O) groups is 1. The van der Waals surface area contributed by atoms with Gasteiger partial charge in [0.05, 0.1) is 12.6 Å². The van der Waals surface area contributed by atoms with Crippen molar-refractivity contribution in [2.45, 2.75) is 31.9 Å². The lowest BCUT2D eigenvalue weighted by atomic mass is 10.0. The van der Waals surface area contributed by atoms with Gasteiger partial charge >= 0.3 is 0 Å². The average Bonchev–Trinajstić information content (AvgIpc) is 3.11. The van der Waals surface area contributed by atoms with Crippen LogP contribution in [0.1, 0.15) is 30.0 Å². The molecular formula is C18H27N3O2. The van der Waals surface area contributed by atoms with Gasteiger partial charge in [-0.25, -0.2) is 0 Å². The number of benzene rings is 1. The van der Waals surface area contributed by atoms with Crippen LogP contribution in [0.2, 0.25) is 0 Å². The second kappa shape index (κ2) is 7.90. The summed E-state index contributed by atoms with van der Waals surface area (Å²) in [5.74, 6) is -0.00601. The molecule has 5 heteroatoms. The fourth-order valence-electron chi connectivity index (χ4n) is 3.34. The highest BCUT2D eigenvalue weighted by atomic mass is 16.5. The summed E-state index contributed by atoms with van der Waals surface area (Å²) in [7, 11) is 0. The van der Waals surface area contributed by atoms with Gasteiger partial charge in [-0.05, 0) is 38.4 Å². The third-order valence-electron chi connectivity index (χ3n) is 4.73. The van der Waals surface area contributed by atoms with Crippen molar-refractivity contribution in [3.05, 3.63) is 35.4 Å². The van der Waals surface area contributed by atoms with Gasteiger partial charge < -0.3 is 15.4 Å². The van der Waals surface area contributed by atoms with Gasteiger partial charge in [-0.1, -0.05) is 29.8 Å². The first-order chi connectivity index (χ1) is 11.2. The molecule has 2 saturated heterocycles. The van der Waals surface area contributed by atoms with E-state index >= 15 is 0 Å². The van der Waals surface area contributed by atoms with Crippen LogP contribution in [0, 0.1) is 6.92 Å². The lowest BCUT2D eigenvalue weighted by Gasteiger charge is -2.29. The molecular weight excluding hydrogens is 290 g/mol. The van der Waals surface area contributed by atoms with Crippen molar-refractivity contribution in [2.24, 2.45) is 0 Å². The molecule has 1 aromatic carbocycles. The molecule has 5 nitrogen and oxygen atoms in total. The van der Waals surface area contributed by atoms with E-state index in [2.05, 4.69) is 46.7 Å². The molecule has 2 aliphatic heterocycles. The largest absolute Gasteiger partial charge is 0.366 e. The molecule has 0 aliphatic carbocycles. The van der Waals surface area contributed by atoms with E-state index in [1.807, 2.05) is 0 Å². The predicted molar refractivity (Wildman–Crippen MR) is 90.3 cm³/mol. The maximum Gasteiger partial charge on any atom is 0.250 e. The second-order valence-corrected chi connectivity index (χ2v) is 6.48. The first-order valence-electron chi connectivity index (χ1n) is 8.65. The topological polar surface area (TPSA) is 53.6 Å². The second-order valence-electron chi connectivity index (χ2n) is 6.48. The molecule has 0 aromatic heterocycles. The molecule has 3 rings (SSSR count). The van der Waals surface area contributed by atoms with Crippen LogP contribution in [0.25, 0.3) is 0 Å². The van der Waals surface area contributed by atoms with Crippen molar-refractivity contribution in [2.75, 3.05) is 39.3 Å². The maximum atomic E-state index is 12.3. The third kappa shape index (κ3) is 4.31. The Morgan fingerprint density at radius 1 is 1.35 bits per heavy atom. The fourth-order valence-corrected chi connectivity index (χ4v) is 3.34. The van der Waals surface area contributed by atoms with Crippen LogP contribution in [0.5, 0.6) is 0 Å². The van der Waals surface area contributed by atoms with Crippen molar-refractivity contribution in [1.82, 2.24) is 15.5 Å². The summed E-state index contributed by atoms with van der Waals surface area (Å²) in [5.41, 5.74) is 2.54. The lowest BCUT2D eigenvalue weighted by Crippen LogP contribution is -2.49. The predicted octanol–water partition coefficient (Wildman–Crippen LogP) is 1.24. The molecule has 2 aliphatic rings. The first-order valence-corrected chi connectivity index (χ1v) is 8.65. The summed E-state index contributed by atoms with van der Waals surface area (Å²) >= 11 is 0. The van der Waals surface area contributed by atoms with Gasteiger partial charge in [0.25, 0.3) is 5.91 Å². The standard InChI is InChI=1S/C18H27N3O2/c1-14-4-6-15(7-5-14)16(21-9-2-3-10-21)12-20-18(22)17-13-19-8-11-23-17/h4-7,16-17,19H,2-3,8-13H2,1H3,(H,20,22). The zero-order valence-electron chi connectivity index (χ0n) is 13.9. The smallest absolute Gasteiger partial charge is 0.250 e. The molecule has 0 spiro atoms.